The van der Waals surface area contributed by atoms with Gasteiger partial charge in [-0.2, -0.15) is 0 Å². The van der Waals surface area contributed by atoms with Crippen molar-refractivity contribution in [2.75, 3.05) is 11.5 Å². The molecular formula is C9H17NO2S. The number of sulfone groups is 1. The molecule has 1 unspecified atom stereocenters. The van der Waals surface area contributed by atoms with E-state index < -0.39 is 9.84 Å². The summed E-state index contributed by atoms with van der Waals surface area (Å²) in [7, 11) is -2.72. The summed E-state index contributed by atoms with van der Waals surface area (Å²) in [6, 6.07) is 0.849. The number of hydrogen-bond acceptors (Lipinski definition) is 3. The van der Waals surface area contributed by atoms with Crippen molar-refractivity contribution >= 4 is 9.84 Å². The second-order valence-electron chi connectivity index (χ2n) is 4.25. The molecule has 13 heavy (non-hydrogen) atoms. The van der Waals surface area contributed by atoms with Gasteiger partial charge in [-0.3, -0.25) is 0 Å². The molecule has 0 aromatic rings. The second kappa shape index (κ2) is 3.58. The molecule has 0 spiro atoms. The molecule has 1 aliphatic carbocycles. The predicted octanol–water partition coefficient (Wildman–Crippen LogP) is 0.706. The Hall–Kier alpha value is -0.0900. The van der Waals surface area contributed by atoms with Crippen LogP contribution >= 0.6 is 0 Å². The Morgan fingerprint density at radius 1 is 1.00 bits per heavy atom. The van der Waals surface area contributed by atoms with Crippen molar-refractivity contribution in [1.82, 2.24) is 5.32 Å². The van der Waals surface area contributed by atoms with Gasteiger partial charge in [0, 0.05) is 12.1 Å². The summed E-state index contributed by atoms with van der Waals surface area (Å²) in [6.45, 7) is 0. The Kier molecular flexibility index (Phi) is 2.60. The first-order valence-corrected chi connectivity index (χ1v) is 6.94. The van der Waals surface area contributed by atoms with Crippen LogP contribution in [0.25, 0.3) is 0 Å². The zero-order chi connectivity index (χ0) is 9.31. The van der Waals surface area contributed by atoms with Crippen molar-refractivity contribution in [1.29, 1.82) is 0 Å². The molecule has 2 aliphatic rings. The molecule has 0 aromatic carbocycles. The van der Waals surface area contributed by atoms with Gasteiger partial charge in [-0.1, -0.05) is 6.42 Å². The van der Waals surface area contributed by atoms with Crippen LogP contribution in [0.2, 0.25) is 0 Å². The molecule has 1 aliphatic heterocycles. The molecule has 4 heteroatoms. The first-order valence-electron chi connectivity index (χ1n) is 5.12. The van der Waals surface area contributed by atoms with Gasteiger partial charge in [0.25, 0.3) is 0 Å². The van der Waals surface area contributed by atoms with E-state index >= 15 is 0 Å². The van der Waals surface area contributed by atoms with Gasteiger partial charge in [0.2, 0.25) is 0 Å². The van der Waals surface area contributed by atoms with Crippen molar-refractivity contribution in [3.63, 3.8) is 0 Å². The van der Waals surface area contributed by atoms with E-state index in [9.17, 15) is 8.42 Å². The molecule has 1 saturated carbocycles. The van der Waals surface area contributed by atoms with Crippen LogP contribution in [0.4, 0.5) is 0 Å². The van der Waals surface area contributed by atoms with Crippen LogP contribution in [-0.4, -0.2) is 32.0 Å². The molecule has 0 bridgehead atoms. The van der Waals surface area contributed by atoms with Gasteiger partial charge in [-0.25, -0.2) is 8.42 Å². The fraction of sp³-hybridized carbons (Fsp3) is 1.00. The molecule has 0 aromatic heterocycles. The maximum atomic E-state index is 11.3. The summed E-state index contributed by atoms with van der Waals surface area (Å²) in [6.07, 6.45) is 5.65. The summed E-state index contributed by atoms with van der Waals surface area (Å²) in [5, 5.41) is 3.43. The lowest BCUT2D eigenvalue weighted by molar-refractivity contribution is 0.301. The van der Waals surface area contributed by atoms with E-state index in [0.717, 1.165) is 12.8 Å². The Labute approximate surface area is 79.8 Å². The Balaban J connectivity index is 1.85. The molecule has 0 amide bonds. The predicted molar refractivity (Wildman–Crippen MR) is 52.5 cm³/mol. The highest BCUT2D eigenvalue weighted by Crippen LogP contribution is 2.21. The standard InChI is InChI=1S/C9H17NO2S/c11-13(12)6-2-5-9(7-13)10-8-3-1-4-8/h8-10H,1-7H2. The van der Waals surface area contributed by atoms with Crippen LogP contribution in [0, 0.1) is 0 Å². The zero-order valence-electron chi connectivity index (χ0n) is 7.83. The van der Waals surface area contributed by atoms with Crippen LogP contribution in [0.1, 0.15) is 32.1 Å². The van der Waals surface area contributed by atoms with E-state index in [4.69, 9.17) is 0 Å². The third-order valence-corrected chi connectivity index (χ3v) is 4.86. The minimum Gasteiger partial charge on any atom is -0.310 e. The third-order valence-electron chi connectivity index (χ3n) is 3.04. The summed E-state index contributed by atoms with van der Waals surface area (Å²) in [4.78, 5) is 0. The lowest BCUT2D eigenvalue weighted by atomic mass is 9.92. The first kappa shape index (κ1) is 9.46. The first-order chi connectivity index (χ1) is 6.16. The van der Waals surface area contributed by atoms with E-state index in [1.807, 2.05) is 0 Å². The van der Waals surface area contributed by atoms with E-state index in [0.29, 0.717) is 17.5 Å². The van der Waals surface area contributed by atoms with Gasteiger partial charge in [0.15, 0.2) is 9.84 Å². The average Bonchev–Trinajstić information content (AvgIpc) is 1.95. The smallest absolute Gasteiger partial charge is 0.151 e. The second-order valence-corrected chi connectivity index (χ2v) is 6.48. The van der Waals surface area contributed by atoms with Crippen LogP contribution < -0.4 is 5.32 Å². The number of hydrogen-bond donors (Lipinski definition) is 1. The fourth-order valence-corrected chi connectivity index (χ4v) is 3.71. The quantitative estimate of drug-likeness (QED) is 0.719. The van der Waals surface area contributed by atoms with Gasteiger partial charge in [-0.05, 0) is 25.7 Å². The molecular weight excluding hydrogens is 186 g/mol. The average molecular weight is 203 g/mol. The number of nitrogens with one attached hydrogen (secondary N) is 1. The Morgan fingerprint density at radius 3 is 2.23 bits per heavy atom. The van der Waals surface area contributed by atoms with Crippen molar-refractivity contribution in [3.8, 4) is 0 Å². The van der Waals surface area contributed by atoms with Crippen molar-refractivity contribution in [3.05, 3.63) is 0 Å². The minimum atomic E-state index is -2.72. The van der Waals surface area contributed by atoms with Crippen molar-refractivity contribution < 1.29 is 8.42 Å². The fourth-order valence-electron chi connectivity index (χ4n) is 2.06. The largest absolute Gasteiger partial charge is 0.310 e. The topological polar surface area (TPSA) is 46.2 Å². The molecule has 2 fully saturated rings. The highest BCUT2D eigenvalue weighted by molar-refractivity contribution is 7.91. The van der Waals surface area contributed by atoms with Gasteiger partial charge in [0.05, 0.1) is 11.5 Å². The molecule has 1 heterocycles. The van der Waals surface area contributed by atoms with E-state index in [1.165, 1.54) is 19.3 Å². The normalized spacial score (nSPS) is 34.0. The van der Waals surface area contributed by atoms with Crippen LogP contribution in [0.3, 0.4) is 0 Å². The summed E-state index contributed by atoms with van der Waals surface area (Å²) < 4.78 is 22.6. The minimum absolute atomic E-state index is 0.240. The monoisotopic (exact) mass is 203 g/mol. The van der Waals surface area contributed by atoms with E-state index in [-0.39, 0.29) is 6.04 Å². The molecule has 3 nitrogen and oxygen atoms in total. The maximum absolute atomic E-state index is 11.3. The molecule has 76 valence electrons. The summed E-state index contributed by atoms with van der Waals surface area (Å²) >= 11 is 0. The van der Waals surface area contributed by atoms with Gasteiger partial charge >= 0.3 is 0 Å². The summed E-state index contributed by atoms with van der Waals surface area (Å²) in [5.74, 6) is 0.763. The van der Waals surface area contributed by atoms with E-state index in [1.54, 1.807) is 0 Å². The third kappa shape index (κ3) is 2.44. The lowest BCUT2D eigenvalue weighted by Gasteiger charge is -2.33. The van der Waals surface area contributed by atoms with Gasteiger partial charge < -0.3 is 5.32 Å². The molecule has 1 atom stereocenters. The highest BCUT2D eigenvalue weighted by Gasteiger charge is 2.28. The maximum Gasteiger partial charge on any atom is 0.151 e. The Morgan fingerprint density at radius 2 is 1.69 bits per heavy atom. The van der Waals surface area contributed by atoms with Crippen molar-refractivity contribution in [2.24, 2.45) is 0 Å². The molecule has 1 saturated heterocycles. The van der Waals surface area contributed by atoms with Crippen LogP contribution in [0.5, 0.6) is 0 Å². The number of rotatable bonds is 2. The van der Waals surface area contributed by atoms with Crippen LogP contribution in [-0.2, 0) is 9.84 Å². The van der Waals surface area contributed by atoms with Crippen molar-refractivity contribution in [2.45, 2.75) is 44.2 Å². The molecule has 1 N–H and O–H groups in total. The van der Waals surface area contributed by atoms with Gasteiger partial charge in [-0.15, -0.1) is 0 Å². The zero-order valence-corrected chi connectivity index (χ0v) is 8.65. The molecule has 0 radical (unpaired) electrons. The van der Waals surface area contributed by atoms with Gasteiger partial charge in [0.1, 0.15) is 0 Å². The molecule has 2 rings (SSSR count). The highest BCUT2D eigenvalue weighted by atomic mass is 32.2. The summed E-state index contributed by atoms with van der Waals surface area (Å²) in [5.41, 5.74) is 0. The SMILES string of the molecule is O=S1(=O)CCCC(NC2CCC2)C1. The Bertz CT molecular complexity index is 269. The van der Waals surface area contributed by atoms with E-state index in [2.05, 4.69) is 5.32 Å². The van der Waals surface area contributed by atoms with Crippen LogP contribution in [0.15, 0.2) is 0 Å². The lowest BCUT2D eigenvalue weighted by Crippen LogP contribution is -2.47.